The number of carboxylic acid groups (broad SMARTS) is 2. The molecule has 2 rings (SSSR count). The number of nitrogens with two attached hydrogens (primary N) is 1. The number of nitrogens with one attached hydrogen (secondary N) is 1. The number of carbonyl (C=O) groups excluding carboxylic acids is 1. The van der Waals surface area contributed by atoms with Crippen molar-refractivity contribution >= 4 is 17.8 Å². The predicted octanol–water partition coefficient (Wildman–Crippen LogP) is -0.296. The van der Waals surface area contributed by atoms with E-state index < -0.39 is 35.7 Å². The summed E-state index contributed by atoms with van der Waals surface area (Å²) >= 11 is 0. The quantitative estimate of drug-likeness (QED) is 0.547. The number of carboxylic acids is 2. The average Bonchev–Trinajstić information content (AvgIpc) is 3.19. The van der Waals surface area contributed by atoms with Crippen LogP contribution in [0.2, 0.25) is 0 Å². The number of rotatable bonds is 7. The molecule has 0 spiro atoms. The third-order valence-electron chi connectivity index (χ3n) is 3.96. The second kappa shape index (κ2) is 6.57. The molecule has 0 aromatic heterocycles. The van der Waals surface area contributed by atoms with Crippen LogP contribution < -0.4 is 11.1 Å². The second-order valence-electron chi connectivity index (χ2n) is 5.44. The molecule has 1 aliphatic carbocycles. The summed E-state index contributed by atoms with van der Waals surface area (Å²) in [6.07, 6.45) is 0.195. The maximum atomic E-state index is 11.8. The Labute approximate surface area is 127 Å². The van der Waals surface area contributed by atoms with Gasteiger partial charge in [-0.25, -0.2) is 0 Å². The fourth-order valence-electron chi connectivity index (χ4n) is 2.74. The number of aliphatic carboxylic acids is 2. The largest absolute Gasteiger partial charge is 0.481 e. The van der Waals surface area contributed by atoms with E-state index in [0.29, 0.717) is 0 Å². The Hall–Kier alpha value is -2.41. The van der Waals surface area contributed by atoms with Crippen LogP contribution in [0.3, 0.4) is 0 Å². The molecular weight excluding hydrogens is 288 g/mol. The molecule has 1 fully saturated rings. The van der Waals surface area contributed by atoms with Crippen LogP contribution in [0.25, 0.3) is 0 Å². The van der Waals surface area contributed by atoms with E-state index in [0.717, 1.165) is 5.56 Å². The lowest BCUT2D eigenvalue weighted by atomic mass is 10.1. The minimum Gasteiger partial charge on any atom is -0.481 e. The van der Waals surface area contributed by atoms with Crippen molar-refractivity contribution in [2.45, 2.75) is 12.5 Å². The molecular formula is C15H18N2O5. The van der Waals surface area contributed by atoms with Gasteiger partial charge >= 0.3 is 11.9 Å². The zero-order valence-electron chi connectivity index (χ0n) is 11.8. The number of hydrogen-bond donors (Lipinski definition) is 4. The third kappa shape index (κ3) is 3.62. The van der Waals surface area contributed by atoms with Crippen LogP contribution in [0.15, 0.2) is 30.3 Å². The normalized spacial score (nSPS) is 24.3. The Balaban J connectivity index is 1.86. The molecule has 4 atom stereocenters. The van der Waals surface area contributed by atoms with Crippen molar-refractivity contribution in [3.63, 3.8) is 0 Å². The summed E-state index contributed by atoms with van der Waals surface area (Å²) in [6.45, 7) is 0.119. The highest BCUT2D eigenvalue weighted by atomic mass is 16.4. The highest BCUT2D eigenvalue weighted by Gasteiger charge is 2.59. The predicted molar refractivity (Wildman–Crippen MR) is 76.9 cm³/mol. The van der Waals surface area contributed by atoms with Gasteiger partial charge in [-0.1, -0.05) is 30.3 Å². The molecule has 1 unspecified atom stereocenters. The van der Waals surface area contributed by atoms with Crippen LogP contribution >= 0.6 is 0 Å². The van der Waals surface area contributed by atoms with Gasteiger partial charge in [0.25, 0.3) is 0 Å². The van der Waals surface area contributed by atoms with Crippen molar-refractivity contribution in [1.29, 1.82) is 0 Å². The van der Waals surface area contributed by atoms with E-state index in [1.807, 2.05) is 30.3 Å². The zero-order chi connectivity index (χ0) is 16.3. The average molecular weight is 306 g/mol. The summed E-state index contributed by atoms with van der Waals surface area (Å²) in [7, 11) is 0. The number of hydrogen-bond acceptors (Lipinski definition) is 4. The van der Waals surface area contributed by atoms with Crippen LogP contribution in [0.5, 0.6) is 0 Å². The molecule has 118 valence electrons. The van der Waals surface area contributed by atoms with E-state index in [1.54, 1.807) is 0 Å². The van der Waals surface area contributed by atoms with Crippen molar-refractivity contribution < 1.29 is 24.6 Å². The van der Waals surface area contributed by atoms with Gasteiger partial charge in [0.1, 0.15) is 6.04 Å². The molecule has 0 heterocycles. The third-order valence-corrected chi connectivity index (χ3v) is 3.96. The molecule has 7 heteroatoms. The Morgan fingerprint density at radius 3 is 2.36 bits per heavy atom. The first-order chi connectivity index (χ1) is 10.4. The van der Waals surface area contributed by atoms with Gasteiger partial charge in [0.05, 0.1) is 12.3 Å². The fraction of sp³-hybridized carbons (Fsp3) is 0.400. The molecule has 1 aliphatic rings. The molecule has 0 bridgehead atoms. The van der Waals surface area contributed by atoms with Crippen molar-refractivity contribution in [1.82, 2.24) is 5.32 Å². The van der Waals surface area contributed by atoms with E-state index in [4.69, 9.17) is 15.9 Å². The van der Waals surface area contributed by atoms with Crippen molar-refractivity contribution in [2.24, 2.45) is 23.5 Å². The smallest absolute Gasteiger partial charge is 0.320 e. The maximum Gasteiger partial charge on any atom is 0.320 e. The summed E-state index contributed by atoms with van der Waals surface area (Å²) in [5.74, 6) is -4.44. The summed E-state index contributed by atoms with van der Waals surface area (Å²) in [4.78, 5) is 33.8. The Morgan fingerprint density at radius 2 is 1.82 bits per heavy atom. The first-order valence-corrected chi connectivity index (χ1v) is 6.93. The first kappa shape index (κ1) is 16.0. The van der Waals surface area contributed by atoms with Gasteiger partial charge in [-0.15, -0.1) is 0 Å². The zero-order valence-corrected chi connectivity index (χ0v) is 11.8. The minimum absolute atomic E-state index is 0.119. The van der Waals surface area contributed by atoms with Gasteiger partial charge in [-0.05, 0) is 11.5 Å². The number of carbonyl (C=O) groups is 3. The lowest BCUT2D eigenvalue weighted by Gasteiger charge is -2.06. The van der Waals surface area contributed by atoms with Gasteiger partial charge in [0.15, 0.2) is 0 Å². The molecule has 7 nitrogen and oxygen atoms in total. The SMILES string of the molecule is NC(C(=O)O)[C@H]1[C@@H](CNC(=O)Cc2ccccc2)[C@@H]1C(=O)O. The Bertz CT molecular complexity index is 575. The van der Waals surface area contributed by atoms with Gasteiger partial charge < -0.3 is 21.3 Å². The van der Waals surface area contributed by atoms with Gasteiger partial charge in [-0.2, -0.15) is 0 Å². The van der Waals surface area contributed by atoms with Crippen molar-refractivity contribution in [3.8, 4) is 0 Å². The van der Waals surface area contributed by atoms with Crippen molar-refractivity contribution in [3.05, 3.63) is 35.9 Å². The Kier molecular flexibility index (Phi) is 4.77. The fourth-order valence-corrected chi connectivity index (χ4v) is 2.74. The molecule has 1 aromatic rings. The van der Waals surface area contributed by atoms with Crippen LogP contribution in [0.1, 0.15) is 5.56 Å². The molecule has 1 amide bonds. The topological polar surface area (TPSA) is 130 Å². The summed E-state index contributed by atoms with van der Waals surface area (Å²) in [5.41, 5.74) is 6.35. The van der Waals surface area contributed by atoms with Gasteiger partial charge in [-0.3, -0.25) is 14.4 Å². The summed E-state index contributed by atoms with van der Waals surface area (Å²) < 4.78 is 0. The number of amides is 1. The second-order valence-corrected chi connectivity index (χ2v) is 5.44. The van der Waals surface area contributed by atoms with E-state index in [-0.39, 0.29) is 18.9 Å². The van der Waals surface area contributed by atoms with Crippen LogP contribution in [0.4, 0.5) is 0 Å². The first-order valence-electron chi connectivity index (χ1n) is 6.93. The monoisotopic (exact) mass is 306 g/mol. The lowest BCUT2D eigenvalue weighted by Crippen LogP contribution is -2.35. The summed E-state index contributed by atoms with van der Waals surface area (Å²) in [6, 6.07) is 7.91. The van der Waals surface area contributed by atoms with Crippen LogP contribution in [-0.2, 0) is 20.8 Å². The van der Waals surface area contributed by atoms with E-state index in [2.05, 4.69) is 5.32 Å². The standard InChI is InChI=1S/C15H18N2O5/c16-13(15(21)22)11-9(12(11)14(19)20)7-17-10(18)6-8-4-2-1-3-5-8/h1-5,9,11-13H,6-7,16H2,(H,17,18)(H,19,20)(H,21,22)/t9-,11+,12+,13?/m1/s1. The molecule has 22 heavy (non-hydrogen) atoms. The van der Waals surface area contributed by atoms with Crippen molar-refractivity contribution in [2.75, 3.05) is 6.54 Å². The molecule has 1 aromatic carbocycles. The highest BCUT2D eigenvalue weighted by Crippen LogP contribution is 2.47. The molecule has 0 saturated heterocycles. The molecule has 0 aliphatic heterocycles. The van der Waals surface area contributed by atoms with Gasteiger partial charge in [0.2, 0.25) is 5.91 Å². The van der Waals surface area contributed by atoms with Crippen LogP contribution in [-0.4, -0.2) is 40.6 Å². The number of benzene rings is 1. The van der Waals surface area contributed by atoms with Crippen LogP contribution in [0, 0.1) is 17.8 Å². The van der Waals surface area contributed by atoms with E-state index >= 15 is 0 Å². The summed E-state index contributed by atoms with van der Waals surface area (Å²) in [5, 5.41) is 20.6. The Morgan fingerprint density at radius 1 is 1.18 bits per heavy atom. The molecule has 5 N–H and O–H groups in total. The lowest BCUT2D eigenvalue weighted by molar-refractivity contribution is -0.140. The minimum atomic E-state index is -1.23. The molecule has 0 radical (unpaired) electrons. The highest BCUT2D eigenvalue weighted by molar-refractivity contribution is 5.81. The van der Waals surface area contributed by atoms with Gasteiger partial charge in [0, 0.05) is 12.5 Å². The molecule has 1 saturated carbocycles. The van der Waals surface area contributed by atoms with E-state index in [9.17, 15) is 14.4 Å². The maximum absolute atomic E-state index is 11.8. The van der Waals surface area contributed by atoms with E-state index in [1.165, 1.54) is 0 Å².